The van der Waals surface area contributed by atoms with E-state index in [9.17, 15) is 18.0 Å². The molecule has 0 unspecified atom stereocenters. The molecule has 0 bridgehead atoms. The van der Waals surface area contributed by atoms with E-state index in [1.807, 2.05) is 0 Å². The molecule has 0 amide bonds. The number of alkyl halides is 3. The molecule has 2 aromatic rings. The summed E-state index contributed by atoms with van der Waals surface area (Å²) < 4.78 is 41.7. The zero-order valence-electron chi connectivity index (χ0n) is 9.39. The molecule has 100 valence electrons. The molecule has 0 saturated heterocycles. The normalized spacial score (nSPS) is 11.6. The molecule has 19 heavy (non-hydrogen) atoms. The summed E-state index contributed by atoms with van der Waals surface area (Å²) in [6.07, 6.45) is -3.45. The Balaban J connectivity index is 2.46. The highest BCUT2D eigenvalue weighted by Crippen LogP contribution is 2.29. The Morgan fingerprint density at radius 1 is 1.32 bits per heavy atom. The number of halogens is 3. The summed E-state index contributed by atoms with van der Waals surface area (Å²) in [5.41, 5.74) is -1.52. The van der Waals surface area contributed by atoms with Crippen molar-refractivity contribution < 1.29 is 27.6 Å². The smallest absolute Gasteiger partial charge is 0.419 e. The zero-order valence-corrected chi connectivity index (χ0v) is 9.39. The van der Waals surface area contributed by atoms with E-state index >= 15 is 0 Å². The Morgan fingerprint density at radius 3 is 2.37 bits per heavy atom. The van der Waals surface area contributed by atoms with Gasteiger partial charge < -0.3 is 9.63 Å². The molecule has 2 aromatic heterocycles. The van der Waals surface area contributed by atoms with Gasteiger partial charge in [-0.05, 0) is 6.92 Å². The van der Waals surface area contributed by atoms with E-state index in [-0.39, 0.29) is 22.8 Å². The van der Waals surface area contributed by atoms with Crippen molar-refractivity contribution in [3.63, 3.8) is 0 Å². The minimum absolute atomic E-state index is 0.0194. The number of aromatic nitrogens is 3. The first-order valence-electron chi connectivity index (χ1n) is 4.90. The second-order valence-corrected chi connectivity index (χ2v) is 3.56. The van der Waals surface area contributed by atoms with Gasteiger partial charge in [-0.2, -0.15) is 13.2 Å². The summed E-state index contributed by atoms with van der Waals surface area (Å²) in [5.74, 6) is -1.55. The van der Waals surface area contributed by atoms with E-state index in [4.69, 9.17) is 5.11 Å². The van der Waals surface area contributed by atoms with Gasteiger partial charge in [0.1, 0.15) is 11.3 Å². The van der Waals surface area contributed by atoms with Crippen LogP contribution in [-0.2, 0) is 6.18 Å². The van der Waals surface area contributed by atoms with Gasteiger partial charge in [0, 0.05) is 12.4 Å². The van der Waals surface area contributed by atoms with Crippen molar-refractivity contribution in [2.75, 3.05) is 0 Å². The molecule has 0 aliphatic rings. The van der Waals surface area contributed by atoms with Crippen molar-refractivity contribution in [1.82, 2.24) is 15.1 Å². The van der Waals surface area contributed by atoms with Gasteiger partial charge in [0.15, 0.2) is 11.5 Å². The standard InChI is InChI=1S/C10H6F3N3O3/c1-4-6(9(17)18)7(16-19-4)8-14-2-5(3-15-8)10(11,12)13/h2-3H,1H3,(H,17,18). The van der Waals surface area contributed by atoms with Crippen LogP contribution in [0, 0.1) is 6.92 Å². The molecule has 0 radical (unpaired) electrons. The number of aryl methyl sites for hydroxylation is 1. The fourth-order valence-corrected chi connectivity index (χ4v) is 1.37. The Hall–Kier alpha value is -2.45. The maximum absolute atomic E-state index is 12.3. The summed E-state index contributed by atoms with van der Waals surface area (Å²) in [5, 5.41) is 12.4. The molecule has 6 nitrogen and oxygen atoms in total. The highest BCUT2D eigenvalue weighted by atomic mass is 19.4. The minimum atomic E-state index is -4.56. The monoisotopic (exact) mass is 273 g/mol. The maximum Gasteiger partial charge on any atom is 0.419 e. The van der Waals surface area contributed by atoms with Gasteiger partial charge >= 0.3 is 12.1 Å². The van der Waals surface area contributed by atoms with E-state index in [1.165, 1.54) is 6.92 Å². The Labute approximate surface area is 103 Å². The van der Waals surface area contributed by atoms with Gasteiger partial charge in [-0.3, -0.25) is 0 Å². The summed E-state index contributed by atoms with van der Waals surface area (Å²) >= 11 is 0. The third-order valence-electron chi connectivity index (χ3n) is 2.27. The molecule has 0 aliphatic carbocycles. The minimum Gasteiger partial charge on any atom is -0.477 e. The first-order valence-corrected chi connectivity index (χ1v) is 4.90. The summed E-state index contributed by atoms with van der Waals surface area (Å²) in [7, 11) is 0. The van der Waals surface area contributed by atoms with Crippen molar-refractivity contribution in [3.05, 3.63) is 29.3 Å². The van der Waals surface area contributed by atoms with Gasteiger partial charge in [0.05, 0.1) is 5.56 Å². The van der Waals surface area contributed by atoms with Crippen LogP contribution in [0.2, 0.25) is 0 Å². The van der Waals surface area contributed by atoms with Crippen molar-refractivity contribution in [2.45, 2.75) is 13.1 Å². The second-order valence-electron chi connectivity index (χ2n) is 3.56. The van der Waals surface area contributed by atoms with Crippen molar-refractivity contribution in [3.8, 4) is 11.5 Å². The quantitative estimate of drug-likeness (QED) is 0.901. The summed E-state index contributed by atoms with van der Waals surface area (Å²) in [6.45, 7) is 1.37. The van der Waals surface area contributed by atoms with E-state index in [0.717, 1.165) is 0 Å². The van der Waals surface area contributed by atoms with Crippen molar-refractivity contribution in [1.29, 1.82) is 0 Å². The van der Waals surface area contributed by atoms with Crippen LogP contribution in [-0.4, -0.2) is 26.2 Å². The van der Waals surface area contributed by atoms with Crippen LogP contribution in [0.4, 0.5) is 13.2 Å². The second kappa shape index (κ2) is 4.34. The molecule has 0 atom stereocenters. The Kier molecular flexibility index (Phi) is 2.97. The van der Waals surface area contributed by atoms with Crippen molar-refractivity contribution >= 4 is 5.97 Å². The Bertz CT molecular complexity index is 619. The molecule has 0 aromatic carbocycles. The summed E-state index contributed by atoms with van der Waals surface area (Å²) in [6, 6.07) is 0. The van der Waals surface area contributed by atoms with Crippen LogP contribution < -0.4 is 0 Å². The Morgan fingerprint density at radius 2 is 1.89 bits per heavy atom. The topological polar surface area (TPSA) is 89.1 Å². The van der Waals surface area contributed by atoms with Crippen LogP contribution >= 0.6 is 0 Å². The molecular formula is C10H6F3N3O3. The predicted octanol–water partition coefficient (Wildman–Crippen LogP) is 2.16. The number of aromatic carboxylic acids is 1. The maximum atomic E-state index is 12.3. The van der Waals surface area contributed by atoms with E-state index in [0.29, 0.717) is 12.4 Å². The summed E-state index contributed by atoms with van der Waals surface area (Å²) in [4.78, 5) is 17.9. The lowest BCUT2D eigenvalue weighted by atomic mass is 10.2. The molecule has 0 spiro atoms. The number of nitrogens with zero attached hydrogens (tertiary/aromatic N) is 3. The number of hydrogen-bond acceptors (Lipinski definition) is 5. The third-order valence-corrected chi connectivity index (χ3v) is 2.27. The lowest BCUT2D eigenvalue weighted by Gasteiger charge is -2.05. The van der Waals surface area contributed by atoms with Crippen molar-refractivity contribution in [2.24, 2.45) is 0 Å². The number of carboxylic acids is 1. The number of rotatable bonds is 2. The molecule has 0 fully saturated rings. The van der Waals surface area contributed by atoms with Crippen LogP contribution in [0.25, 0.3) is 11.5 Å². The molecule has 9 heteroatoms. The molecule has 2 rings (SSSR count). The average molecular weight is 273 g/mol. The van der Waals surface area contributed by atoms with E-state index in [2.05, 4.69) is 19.6 Å². The third kappa shape index (κ3) is 2.39. The number of hydrogen-bond donors (Lipinski definition) is 1. The van der Waals surface area contributed by atoms with Crippen LogP contribution in [0.5, 0.6) is 0 Å². The van der Waals surface area contributed by atoms with E-state index in [1.54, 1.807) is 0 Å². The lowest BCUT2D eigenvalue weighted by molar-refractivity contribution is -0.138. The van der Waals surface area contributed by atoms with Gasteiger partial charge in [0.2, 0.25) is 0 Å². The fraction of sp³-hybridized carbons (Fsp3) is 0.200. The van der Waals surface area contributed by atoms with Crippen LogP contribution in [0.1, 0.15) is 21.7 Å². The van der Waals surface area contributed by atoms with Crippen LogP contribution in [0.15, 0.2) is 16.9 Å². The van der Waals surface area contributed by atoms with Gasteiger partial charge in [-0.1, -0.05) is 5.16 Å². The molecule has 1 N–H and O–H groups in total. The largest absolute Gasteiger partial charge is 0.477 e. The molecule has 0 saturated carbocycles. The lowest BCUT2D eigenvalue weighted by Crippen LogP contribution is -2.07. The first kappa shape index (κ1) is 13.0. The highest BCUT2D eigenvalue weighted by Gasteiger charge is 2.32. The zero-order chi connectivity index (χ0) is 14.2. The van der Waals surface area contributed by atoms with Gasteiger partial charge in [0.25, 0.3) is 0 Å². The van der Waals surface area contributed by atoms with E-state index < -0.39 is 17.7 Å². The van der Waals surface area contributed by atoms with Gasteiger partial charge in [-0.25, -0.2) is 14.8 Å². The SMILES string of the molecule is Cc1onc(-c2ncc(C(F)(F)F)cn2)c1C(=O)O. The molecule has 0 aliphatic heterocycles. The number of carbonyl (C=O) groups is 1. The molecular weight excluding hydrogens is 267 g/mol. The first-order chi connectivity index (χ1) is 8.80. The number of carboxylic acid groups (broad SMARTS) is 1. The van der Waals surface area contributed by atoms with Crippen LogP contribution in [0.3, 0.4) is 0 Å². The predicted molar refractivity (Wildman–Crippen MR) is 54.2 cm³/mol. The fourth-order valence-electron chi connectivity index (χ4n) is 1.37. The van der Waals surface area contributed by atoms with Gasteiger partial charge in [-0.15, -0.1) is 0 Å². The molecule has 2 heterocycles. The average Bonchev–Trinajstić information content (AvgIpc) is 2.70. The highest BCUT2D eigenvalue weighted by molar-refractivity contribution is 5.94.